The molecule has 0 aromatic heterocycles. The number of phenolic OH excluding ortho intramolecular Hbond substituents is 1. The number of rotatable bonds is 3. The number of halogens is 1. The first-order valence-electron chi connectivity index (χ1n) is 7.15. The smallest absolute Gasteiger partial charge is 0.231 e. The number of carbonyl (C=O) groups excluding carboxylic acids is 1. The number of phenols is 1. The third-order valence-corrected chi connectivity index (χ3v) is 3.81. The molecule has 0 aliphatic carbocycles. The standard InChI is InChI=1S/C18H16ClNO3/c1-20(2)10-14-15(21)8-7-13-17(22)16(23-18(13)14)9-11-3-5-12(19)6-4-11/h3-9,21H,10H2,1-2H3/b16-9-. The molecule has 0 fully saturated rings. The summed E-state index contributed by atoms with van der Waals surface area (Å²) in [4.78, 5) is 14.4. The second-order valence-electron chi connectivity index (χ2n) is 5.67. The highest BCUT2D eigenvalue weighted by Gasteiger charge is 2.31. The molecule has 0 saturated carbocycles. The number of Topliss-reactive ketones (excluding diaryl/α,β-unsaturated/α-hetero) is 1. The van der Waals surface area contributed by atoms with E-state index < -0.39 is 0 Å². The molecule has 1 aliphatic rings. The summed E-state index contributed by atoms with van der Waals surface area (Å²) in [7, 11) is 3.78. The topological polar surface area (TPSA) is 49.8 Å². The van der Waals surface area contributed by atoms with Crippen LogP contribution < -0.4 is 4.74 Å². The predicted molar refractivity (Wildman–Crippen MR) is 89.9 cm³/mol. The van der Waals surface area contributed by atoms with Crippen molar-refractivity contribution in [3.63, 3.8) is 0 Å². The third kappa shape index (κ3) is 3.09. The molecule has 4 nitrogen and oxygen atoms in total. The number of aromatic hydroxyl groups is 1. The van der Waals surface area contributed by atoms with Crippen molar-refractivity contribution in [2.45, 2.75) is 6.54 Å². The molecule has 0 unspecified atom stereocenters. The fraction of sp³-hybridized carbons (Fsp3) is 0.167. The van der Waals surface area contributed by atoms with Gasteiger partial charge in [0.2, 0.25) is 5.78 Å². The fourth-order valence-corrected chi connectivity index (χ4v) is 2.60. The van der Waals surface area contributed by atoms with Crippen molar-refractivity contribution in [3.05, 3.63) is 63.9 Å². The molecule has 1 heterocycles. The maximum Gasteiger partial charge on any atom is 0.231 e. The molecule has 0 bridgehead atoms. The SMILES string of the molecule is CN(C)Cc1c(O)ccc2c1O/C(=C\c1ccc(Cl)cc1)C2=O. The summed E-state index contributed by atoms with van der Waals surface area (Å²) < 4.78 is 5.76. The van der Waals surface area contributed by atoms with Gasteiger partial charge < -0.3 is 14.7 Å². The second kappa shape index (κ2) is 6.07. The van der Waals surface area contributed by atoms with Crippen molar-refractivity contribution >= 4 is 23.5 Å². The van der Waals surface area contributed by atoms with Crippen LogP contribution in [0.15, 0.2) is 42.2 Å². The number of fused-ring (bicyclic) bond motifs is 1. The Kier molecular flexibility index (Phi) is 4.11. The highest BCUT2D eigenvalue weighted by Crippen LogP contribution is 2.39. The Morgan fingerprint density at radius 2 is 1.87 bits per heavy atom. The van der Waals surface area contributed by atoms with E-state index in [4.69, 9.17) is 16.3 Å². The van der Waals surface area contributed by atoms with Gasteiger partial charge in [-0.05, 0) is 50.0 Å². The lowest BCUT2D eigenvalue weighted by Crippen LogP contribution is -2.11. The zero-order valence-electron chi connectivity index (χ0n) is 12.8. The van der Waals surface area contributed by atoms with Crippen LogP contribution in [0.25, 0.3) is 6.08 Å². The monoisotopic (exact) mass is 329 g/mol. The van der Waals surface area contributed by atoms with Gasteiger partial charge in [0, 0.05) is 11.6 Å². The van der Waals surface area contributed by atoms with E-state index in [-0.39, 0.29) is 17.3 Å². The van der Waals surface area contributed by atoms with Gasteiger partial charge in [-0.2, -0.15) is 0 Å². The van der Waals surface area contributed by atoms with Crippen LogP contribution in [-0.2, 0) is 6.54 Å². The summed E-state index contributed by atoms with van der Waals surface area (Å²) >= 11 is 5.87. The van der Waals surface area contributed by atoms with Crippen LogP contribution in [0.5, 0.6) is 11.5 Å². The van der Waals surface area contributed by atoms with Crippen molar-refractivity contribution in [2.24, 2.45) is 0 Å². The molecular weight excluding hydrogens is 314 g/mol. The van der Waals surface area contributed by atoms with Crippen LogP contribution >= 0.6 is 11.6 Å². The fourth-order valence-electron chi connectivity index (χ4n) is 2.48. The maximum atomic E-state index is 12.5. The van der Waals surface area contributed by atoms with Crippen LogP contribution in [0, 0.1) is 0 Å². The maximum absolute atomic E-state index is 12.5. The Morgan fingerprint density at radius 3 is 2.52 bits per heavy atom. The van der Waals surface area contributed by atoms with Crippen molar-refractivity contribution in [1.82, 2.24) is 4.90 Å². The number of ketones is 1. The Bertz CT molecular complexity index is 795. The molecule has 2 aromatic carbocycles. The Labute approximate surface area is 139 Å². The average Bonchev–Trinajstić information content (AvgIpc) is 2.81. The molecule has 118 valence electrons. The van der Waals surface area contributed by atoms with Crippen LogP contribution in [0.1, 0.15) is 21.5 Å². The van der Waals surface area contributed by atoms with E-state index in [0.717, 1.165) is 5.56 Å². The summed E-state index contributed by atoms with van der Waals surface area (Å²) in [6.45, 7) is 0.483. The molecule has 1 N–H and O–H groups in total. The van der Waals surface area contributed by atoms with Crippen molar-refractivity contribution in [3.8, 4) is 11.5 Å². The molecule has 23 heavy (non-hydrogen) atoms. The molecule has 0 amide bonds. The van der Waals surface area contributed by atoms with Gasteiger partial charge in [0.05, 0.1) is 11.1 Å². The minimum absolute atomic E-state index is 0.123. The molecule has 2 aromatic rings. The zero-order valence-corrected chi connectivity index (χ0v) is 13.6. The second-order valence-corrected chi connectivity index (χ2v) is 6.11. The number of nitrogens with zero attached hydrogens (tertiary/aromatic N) is 1. The first-order valence-corrected chi connectivity index (χ1v) is 7.53. The van der Waals surface area contributed by atoms with Gasteiger partial charge in [-0.1, -0.05) is 23.7 Å². The van der Waals surface area contributed by atoms with Gasteiger partial charge in [0.15, 0.2) is 5.76 Å². The number of hydrogen-bond donors (Lipinski definition) is 1. The van der Waals surface area contributed by atoms with Gasteiger partial charge in [-0.25, -0.2) is 0 Å². The quantitative estimate of drug-likeness (QED) is 0.872. The molecule has 1 aliphatic heterocycles. The van der Waals surface area contributed by atoms with Crippen LogP contribution in [0.4, 0.5) is 0 Å². The number of benzene rings is 2. The molecule has 0 saturated heterocycles. The number of carbonyl (C=O) groups is 1. The summed E-state index contributed by atoms with van der Waals surface area (Å²) in [5.41, 5.74) is 1.91. The molecule has 0 radical (unpaired) electrons. The van der Waals surface area contributed by atoms with E-state index >= 15 is 0 Å². The van der Waals surface area contributed by atoms with Crippen molar-refractivity contribution in [1.29, 1.82) is 0 Å². The number of ether oxygens (including phenoxy) is 1. The predicted octanol–water partition coefficient (Wildman–Crippen LogP) is 3.72. The summed E-state index contributed by atoms with van der Waals surface area (Å²) in [5, 5.41) is 10.7. The zero-order chi connectivity index (χ0) is 16.6. The normalized spacial score (nSPS) is 15.1. The number of hydrogen-bond acceptors (Lipinski definition) is 4. The van der Waals surface area contributed by atoms with Gasteiger partial charge in [-0.3, -0.25) is 4.79 Å². The minimum atomic E-state index is -0.185. The van der Waals surface area contributed by atoms with Crippen LogP contribution in [0.3, 0.4) is 0 Å². The third-order valence-electron chi connectivity index (χ3n) is 3.56. The largest absolute Gasteiger partial charge is 0.507 e. The van der Waals surface area contributed by atoms with E-state index in [1.165, 1.54) is 6.07 Å². The van der Waals surface area contributed by atoms with E-state index in [1.807, 2.05) is 31.1 Å². The summed E-state index contributed by atoms with van der Waals surface area (Å²) in [6.07, 6.45) is 1.68. The first kappa shape index (κ1) is 15.6. The van der Waals surface area contributed by atoms with Crippen molar-refractivity contribution < 1.29 is 14.6 Å². The van der Waals surface area contributed by atoms with Crippen LogP contribution in [0.2, 0.25) is 5.02 Å². The van der Waals surface area contributed by atoms with E-state index in [1.54, 1.807) is 24.3 Å². The molecule has 5 heteroatoms. The van der Waals surface area contributed by atoms with Gasteiger partial charge in [0.25, 0.3) is 0 Å². The average molecular weight is 330 g/mol. The minimum Gasteiger partial charge on any atom is -0.507 e. The van der Waals surface area contributed by atoms with E-state index in [2.05, 4.69) is 0 Å². The van der Waals surface area contributed by atoms with E-state index in [9.17, 15) is 9.90 Å². The highest BCUT2D eigenvalue weighted by molar-refractivity contribution is 6.30. The van der Waals surface area contributed by atoms with Gasteiger partial charge in [-0.15, -0.1) is 0 Å². The summed E-state index contributed by atoms with van der Waals surface area (Å²) in [5.74, 6) is 0.616. The molecular formula is C18H16ClNO3. The highest BCUT2D eigenvalue weighted by atomic mass is 35.5. The lowest BCUT2D eigenvalue weighted by Gasteiger charge is -2.13. The van der Waals surface area contributed by atoms with Crippen LogP contribution in [-0.4, -0.2) is 29.9 Å². The molecule has 3 rings (SSSR count). The van der Waals surface area contributed by atoms with Crippen molar-refractivity contribution in [2.75, 3.05) is 14.1 Å². The number of allylic oxidation sites excluding steroid dienone is 1. The lowest BCUT2D eigenvalue weighted by molar-refractivity contribution is 0.101. The summed E-state index contributed by atoms with van der Waals surface area (Å²) in [6, 6.07) is 10.3. The Morgan fingerprint density at radius 1 is 1.17 bits per heavy atom. The first-order chi connectivity index (χ1) is 11.0. The Balaban J connectivity index is 2.00. The van der Waals surface area contributed by atoms with Gasteiger partial charge >= 0.3 is 0 Å². The van der Waals surface area contributed by atoms with Gasteiger partial charge in [0.1, 0.15) is 11.5 Å². The van der Waals surface area contributed by atoms with E-state index in [0.29, 0.717) is 28.4 Å². The molecule has 0 atom stereocenters. The molecule has 0 spiro atoms. The Hall–Kier alpha value is -2.30. The lowest BCUT2D eigenvalue weighted by atomic mass is 10.0.